The minimum absolute atomic E-state index is 0.0512. The summed E-state index contributed by atoms with van der Waals surface area (Å²) in [6.45, 7) is 4.00. The lowest BCUT2D eigenvalue weighted by molar-refractivity contribution is -0.162. The minimum Gasteiger partial charge on any atom is -0.465 e. The van der Waals surface area contributed by atoms with Gasteiger partial charge >= 0.3 is 5.97 Å². The monoisotopic (exact) mass is 224 g/mol. The van der Waals surface area contributed by atoms with Gasteiger partial charge in [0.15, 0.2) is 0 Å². The van der Waals surface area contributed by atoms with Gasteiger partial charge in [-0.3, -0.25) is 9.59 Å². The van der Waals surface area contributed by atoms with Crippen molar-refractivity contribution in [2.45, 2.75) is 46.0 Å². The molecule has 1 rings (SSSR count). The number of carbonyl (C=O) groups excluding carboxylic acids is 2. The van der Waals surface area contributed by atoms with Crippen molar-refractivity contribution in [2.75, 3.05) is 6.61 Å². The standard InChI is InChI=1S/C13H20O3/c1-3-5-9-13(12(15)16-4-2)10-7-6-8-11(13)14/h3,5H,4,6-10H2,1-2H3/b5-3-. The van der Waals surface area contributed by atoms with Crippen LogP contribution in [0.2, 0.25) is 0 Å². The van der Waals surface area contributed by atoms with Gasteiger partial charge in [-0.05, 0) is 33.1 Å². The van der Waals surface area contributed by atoms with Crippen LogP contribution in [0.15, 0.2) is 12.2 Å². The van der Waals surface area contributed by atoms with Crippen LogP contribution < -0.4 is 0 Å². The lowest BCUT2D eigenvalue weighted by Gasteiger charge is -2.32. The van der Waals surface area contributed by atoms with E-state index in [2.05, 4.69) is 0 Å². The number of carbonyl (C=O) groups is 2. The van der Waals surface area contributed by atoms with Crippen molar-refractivity contribution >= 4 is 11.8 Å². The molecule has 0 aromatic carbocycles. The number of Topliss-reactive ketones (excluding diaryl/α,β-unsaturated/α-hetero) is 1. The zero-order chi connectivity index (χ0) is 12.0. The van der Waals surface area contributed by atoms with Crippen LogP contribution in [0.5, 0.6) is 0 Å². The number of esters is 1. The third-order valence-electron chi connectivity index (χ3n) is 3.16. The highest BCUT2D eigenvalue weighted by Gasteiger charge is 2.46. The summed E-state index contributed by atoms with van der Waals surface area (Å²) in [7, 11) is 0. The first kappa shape index (κ1) is 12.9. The number of ether oxygens (including phenoxy) is 1. The maximum Gasteiger partial charge on any atom is 0.319 e. The van der Waals surface area contributed by atoms with Gasteiger partial charge in [0, 0.05) is 6.42 Å². The average molecular weight is 224 g/mol. The van der Waals surface area contributed by atoms with Crippen LogP contribution in [-0.4, -0.2) is 18.4 Å². The van der Waals surface area contributed by atoms with Gasteiger partial charge < -0.3 is 4.74 Å². The van der Waals surface area contributed by atoms with Crippen LogP contribution in [-0.2, 0) is 14.3 Å². The molecular weight excluding hydrogens is 204 g/mol. The highest BCUT2D eigenvalue weighted by Crippen LogP contribution is 2.38. The summed E-state index contributed by atoms with van der Waals surface area (Å²) in [5.41, 5.74) is -0.888. The Kier molecular flexibility index (Phi) is 4.71. The van der Waals surface area contributed by atoms with Crippen LogP contribution in [0.25, 0.3) is 0 Å². The Morgan fingerprint density at radius 1 is 1.50 bits per heavy atom. The van der Waals surface area contributed by atoms with E-state index in [1.807, 2.05) is 19.1 Å². The van der Waals surface area contributed by atoms with Gasteiger partial charge in [-0.1, -0.05) is 18.6 Å². The summed E-state index contributed by atoms with van der Waals surface area (Å²) < 4.78 is 5.06. The van der Waals surface area contributed by atoms with E-state index in [0.29, 0.717) is 25.9 Å². The van der Waals surface area contributed by atoms with Crippen molar-refractivity contribution in [3.05, 3.63) is 12.2 Å². The molecule has 1 fully saturated rings. The lowest BCUT2D eigenvalue weighted by atomic mass is 9.70. The second-order valence-corrected chi connectivity index (χ2v) is 4.21. The van der Waals surface area contributed by atoms with Gasteiger partial charge in [0.1, 0.15) is 11.2 Å². The van der Waals surface area contributed by atoms with E-state index in [1.54, 1.807) is 6.92 Å². The molecule has 0 bridgehead atoms. The number of allylic oxidation sites excluding steroid dienone is 2. The molecule has 0 N–H and O–H groups in total. The fraction of sp³-hybridized carbons (Fsp3) is 0.692. The van der Waals surface area contributed by atoms with E-state index in [-0.39, 0.29) is 11.8 Å². The van der Waals surface area contributed by atoms with Gasteiger partial charge in [-0.15, -0.1) is 0 Å². The van der Waals surface area contributed by atoms with Crippen LogP contribution in [0, 0.1) is 5.41 Å². The quantitative estimate of drug-likeness (QED) is 0.419. The molecule has 0 aromatic heterocycles. The highest BCUT2D eigenvalue weighted by molar-refractivity contribution is 6.04. The molecule has 3 heteroatoms. The highest BCUT2D eigenvalue weighted by atomic mass is 16.5. The zero-order valence-corrected chi connectivity index (χ0v) is 10.1. The van der Waals surface area contributed by atoms with Crippen molar-refractivity contribution in [2.24, 2.45) is 5.41 Å². The van der Waals surface area contributed by atoms with E-state index in [4.69, 9.17) is 4.74 Å². The smallest absolute Gasteiger partial charge is 0.319 e. The van der Waals surface area contributed by atoms with E-state index in [0.717, 1.165) is 12.8 Å². The van der Waals surface area contributed by atoms with Gasteiger partial charge in [-0.25, -0.2) is 0 Å². The minimum atomic E-state index is -0.888. The van der Waals surface area contributed by atoms with E-state index < -0.39 is 5.41 Å². The molecule has 0 saturated heterocycles. The molecule has 0 heterocycles. The summed E-state index contributed by atoms with van der Waals surface area (Å²) in [6, 6.07) is 0. The van der Waals surface area contributed by atoms with Crippen molar-refractivity contribution < 1.29 is 14.3 Å². The van der Waals surface area contributed by atoms with Crippen LogP contribution in [0.4, 0.5) is 0 Å². The topological polar surface area (TPSA) is 43.4 Å². The zero-order valence-electron chi connectivity index (χ0n) is 10.1. The molecule has 0 spiro atoms. The molecule has 1 atom stereocenters. The molecule has 3 nitrogen and oxygen atoms in total. The first-order valence-corrected chi connectivity index (χ1v) is 5.99. The third-order valence-corrected chi connectivity index (χ3v) is 3.16. The van der Waals surface area contributed by atoms with Gasteiger partial charge in [0.2, 0.25) is 0 Å². The molecule has 1 saturated carbocycles. The molecule has 1 aliphatic carbocycles. The second-order valence-electron chi connectivity index (χ2n) is 4.21. The van der Waals surface area contributed by atoms with Crippen molar-refractivity contribution in [1.82, 2.24) is 0 Å². The predicted octanol–water partition coefficient (Wildman–Crippen LogP) is 2.65. The predicted molar refractivity (Wildman–Crippen MR) is 62.0 cm³/mol. The first-order chi connectivity index (χ1) is 7.67. The van der Waals surface area contributed by atoms with Crippen molar-refractivity contribution in [3.63, 3.8) is 0 Å². The Balaban J connectivity index is 2.89. The van der Waals surface area contributed by atoms with E-state index >= 15 is 0 Å². The normalized spacial score (nSPS) is 26.0. The van der Waals surface area contributed by atoms with Gasteiger partial charge in [-0.2, -0.15) is 0 Å². The molecule has 90 valence electrons. The fourth-order valence-electron chi connectivity index (χ4n) is 2.19. The molecule has 0 radical (unpaired) electrons. The Bertz CT molecular complexity index is 294. The SMILES string of the molecule is C/C=C\CC1(C(=O)OCC)CCCCC1=O. The Hall–Kier alpha value is -1.12. The Morgan fingerprint density at radius 3 is 2.81 bits per heavy atom. The Labute approximate surface area is 96.9 Å². The van der Waals surface area contributed by atoms with Crippen molar-refractivity contribution in [3.8, 4) is 0 Å². The Morgan fingerprint density at radius 2 is 2.25 bits per heavy atom. The fourth-order valence-corrected chi connectivity index (χ4v) is 2.19. The summed E-state index contributed by atoms with van der Waals surface area (Å²) >= 11 is 0. The molecule has 0 amide bonds. The van der Waals surface area contributed by atoms with Crippen LogP contribution in [0.3, 0.4) is 0 Å². The second kappa shape index (κ2) is 5.83. The first-order valence-electron chi connectivity index (χ1n) is 5.99. The molecule has 0 aliphatic heterocycles. The van der Waals surface area contributed by atoms with Gasteiger partial charge in [0.05, 0.1) is 6.61 Å². The molecule has 1 aliphatic rings. The van der Waals surface area contributed by atoms with Crippen LogP contribution in [0.1, 0.15) is 46.0 Å². The summed E-state index contributed by atoms with van der Waals surface area (Å²) in [4.78, 5) is 24.0. The summed E-state index contributed by atoms with van der Waals surface area (Å²) in [5.74, 6) is -0.284. The largest absolute Gasteiger partial charge is 0.465 e. The number of hydrogen-bond donors (Lipinski definition) is 0. The number of hydrogen-bond acceptors (Lipinski definition) is 3. The van der Waals surface area contributed by atoms with E-state index in [9.17, 15) is 9.59 Å². The number of rotatable bonds is 4. The molecule has 16 heavy (non-hydrogen) atoms. The lowest BCUT2D eigenvalue weighted by Crippen LogP contribution is -2.42. The average Bonchev–Trinajstić information content (AvgIpc) is 2.28. The molecule has 0 aromatic rings. The molecule has 1 unspecified atom stereocenters. The van der Waals surface area contributed by atoms with Gasteiger partial charge in [0.25, 0.3) is 0 Å². The van der Waals surface area contributed by atoms with Crippen molar-refractivity contribution in [1.29, 1.82) is 0 Å². The third kappa shape index (κ3) is 2.52. The summed E-state index contributed by atoms with van der Waals surface area (Å²) in [5, 5.41) is 0. The molecular formula is C13H20O3. The van der Waals surface area contributed by atoms with E-state index in [1.165, 1.54) is 0 Å². The maximum atomic E-state index is 12.0. The number of ketones is 1. The van der Waals surface area contributed by atoms with Crippen LogP contribution >= 0.6 is 0 Å². The maximum absolute atomic E-state index is 12.0. The summed E-state index contributed by atoms with van der Waals surface area (Å²) in [6.07, 6.45) is 7.23.